The molecule has 0 saturated heterocycles. The Morgan fingerprint density at radius 2 is 1.70 bits per heavy atom. The van der Waals surface area contributed by atoms with Gasteiger partial charge in [0.1, 0.15) is 29.0 Å². The molecule has 33 heavy (non-hydrogen) atoms. The Balaban J connectivity index is 2.41. The fourth-order valence-corrected chi connectivity index (χ4v) is 3.02. The van der Waals surface area contributed by atoms with Crippen molar-refractivity contribution in [3.8, 4) is 17.6 Å². The summed E-state index contributed by atoms with van der Waals surface area (Å²) in [4.78, 5) is 27.4. The highest BCUT2D eigenvalue weighted by atomic mass is 19.1. The maximum atomic E-state index is 13.7. The van der Waals surface area contributed by atoms with Gasteiger partial charge in [-0.05, 0) is 69.7 Å². The minimum atomic E-state index is -1.16. The maximum absolute atomic E-state index is 13.7. The Hall–Kier alpha value is -3.60. The summed E-state index contributed by atoms with van der Waals surface area (Å²) in [5, 5.41) is 2.54. The van der Waals surface area contributed by atoms with Crippen LogP contribution in [0.25, 0.3) is 0 Å². The van der Waals surface area contributed by atoms with E-state index in [2.05, 4.69) is 17.2 Å². The molecule has 8 heteroatoms. The molecule has 0 radical (unpaired) electrons. The molecule has 0 bridgehead atoms. The molecule has 0 fully saturated rings. The highest BCUT2D eigenvalue weighted by Gasteiger charge is 2.29. The second kappa shape index (κ2) is 11.3. The van der Waals surface area contributed by atoms with Gasteiger partial charge in [-0.1, -0.05) is 5.92 Å². The molecule has 1 N–H and O–H groups in total. The first-order valence-electron chi connectivity index (χ1n) is 10.3. The summed E-state index contributed by atoms with van der Waals surface area (Å²) in [6.07, 6.45) is -0.979. The van der Waals surface area contributed by atoms with Crippen LogP contribution in [0.2, 0.25) is 0 Å². The molecule has 0 aromatic heterocycles. The van der Waals surface area contributed by atoms with Crippen molar-refractivity contribution in [1.82, 2.24) is 5.32 Å². The summed E-state index contributed by atoms with van der Waals surface area (Å²) in [5.41, 5.74) is -0.0745. The molecule has 2 rings (SSSR count). The minimum absolute atomic E-state index is 0.0473. The molecule has 0 spiro atoms. The van der Waals surface area contributed by atoms with Gasteiger partial charge in [-0.3, -0.25) is 9.69 Å². The van der Waals surface area contributed by atoms with E-state index in [0.29, 0.717) is 11.4 Å². The minimum Gasteiger partial charge on any atom is -0.497 e. The summed E-state index contributed by atoms with van der Waals surface area (Å²) < 4.78 is 37.9. The molecule has 2 aromatic carbocycles. The molecule has 0 heterocycles. The van der Waals surface area contributed by atoms with E-state index in [-0.39, 0.29) is 18.5 Å². The Labute approximate surface area is 192 Å². The molecule has 176 valence electrons. The van der Waals surface area contributed by atoms with Gasteiger partial charge in [-0.15, -0.1) is 5.92 Å². The van der Waals surface area contributed by atoms with Crippen LogP contribution in [-0.4, -0.2) is 37.3 Å². The summed E-state index contributed by atoms with van der Waals surface area (Å²) in [5.74, 6) is 4.11. The average molecular weight is 459 g/mol. The summed E-state index contributed by atoms with van der Waals surface area (Å²) in [7, 11) is 1.53. The molecular weight excluding hydrogens is 430 g/mol. The van der Waals surface area contributed by atoms with Crippen molar-refractivity contribution < 1.29 is 27.8 Å². The van der Waals surface area contributed by atoms with E-state index in [9.17, 15) is 18.4 Å². The number of hydrogen-bond donors (Lipinski definition) is 1. The average Bonchev–Trinajstić information content (AvgIpc) is 2.71. The van der Waals surface area contributed by atoms with E-state index >= 15 is 0 Å². The van der Waals surface area contributed by atoms with Crippen LogP contribution in [0, 0.1) is 23.5 Å². The number of benzene rings is 2. The summed E-state index contributed by atoms with van der Waals surface area (Å²) in [6.45, 7) is 6.75. The molecular formula is C25H28F2N2O4. The number of carbonyl (C=O) groups excluding carboxylic acids is 2. The van der Waals surface area contributed by atoms with Gasteiger partial charge in [-0.25, -0.2) is 13.6 Å². The number of halogens is 2. The zero-order chi connectivity index (χ0) is 24.6. The van der Waals surface area contributed by atoms with Crippen molar-refractivity contribution in [3.63, 3.8) is 0 Å². The van der Waals surface area contributed by atoms with E-state index in [1.807, 2.05) is 0 Å². The van der Waals surface area contributed by atoms with Crippen LogP contribution in [0.1, 0.15) is 33.3 Å². The SMILES string of the molecule is CC#CCN(C(=O)C(Cc1cc(F)cc(F)c1)NC(=O)OC(C)(C)C)c1ccc(OC)cc1. The van der Waals surface area contributed by atoms with Crippen LogP contribution in [0.15, 0.2) is 42.5 Å². The Morgan fingerprint density at radius 1 is 1.09 bits per heavy atom. The fourth-order valence-electron chi connectivity index (χ4n) is 3.02. The lowest BCUT2D eigenvalue weighted by Gasteiger charge is -2.28. The van der Waals surface area contributed by atoms with Crippen LogP contribution < -0.4 is 15.0 Å². The van der Waals surface area contributed by atoms with Crippen LogP contribution >= 0.6 is 0 Å². The lowest BCUT2D eigenvalue weighted by Crippen LogP contribution is -2.51. The van der Waals surface area contributed by atoms with Crippen LogP contribution in [-0.2, 0) is 16.0 Å². The Kier molecular flexibility index (Phi) is 8.80. The molecule has 0 saturated carbocycles. The molecule has 1 atom stereocenters. The largest absolute Gasteiger partial charge is 0.497 e. The predicted molar refractivity (Wildman–Crippen MR) is 122 cm³/mol. The van der Waals surface area contributed by atoms with Crippen molar-refractivity contribution in [3.05, 3.63) is 59.7 Å². The number of hydrogen-bond acceptors (Lipinski definition) is 4. The van der Waals surface area contributed by atoms with Crippen molar-refractivity contribution in [2.75, 3.05) is 18.6 Å². The molecule has 0 aliphatic carbocycles. The van der Waals surface area contributed by atoms with Crippen molar-refractivity contribution in [2.45, 2.75) is 45.8 Å². The molecule has 2 aromatic rings. The molecule has 0 aliphatic heterocycles. The highest BCUT2D eigenvalue weighted by Crippen LogP contribution is 2.21. The van der Waals surface area contributed by atoms with Crippen molar-refractivity contribution in [2.24, 2.45) is 0 Å². The van der Waals surface area contributed by atoms with Crippen LogP contribution in [0.4, 0.5) is 19.3 Å². The lowest BCUT2D eigenvalue weighted by molar-refractivity contribution is -0.120. The lowest BCUT2D eigenvalue weighted by atomic mass is 10.0. The number of ether oxygens (including phenoxy) is 2. The van der Waals surface area contributed by atoms with E-state index < -0.39 is 35.3 Å². The topological polar surface area (TPSA) is 67.9 Å². The zero-order valence-corrected chi connectivity index (χ0v) is 19.4. The van der Waals surface area contributed by atoms with Gasteiger partial charge in [0.25, 0.3) is 5.91 Å². The Bertz CT molecular complexity index is 1020. The first kappa shape index (κ1) is 25.7. The predicted octanol–water partition coefficient (Wildman–Crippen LogP) is 4.47. The normalized spacial score (nSPS) is 11.6. The zero-order valence-electron chi connectivity index (χ0n) is 19.4. The quantitative estimate of drug-likeness (QED) is 0.622. The van der Waals surface area contributed by atoms with Crippen molar-refractivity contribution in [1.29, 1.82) is 0 Å². The summed E-state index contributed by atoms with van der Waals surface area (Å²) in [6, 6.07) is 8.54. The van der Waals surface area contributed by atoms with E-state index in [1.54, 1.807) is 52.0 Å². The second-order valence-electron chi connectivity index (χ2n) is 8.23. The van der Waals surface area contributed by atoms with E-state index in [4.69, 9.17) is 9.47 Å². The summed E-state index contributed by atoms with van der Waals surface area (Å²) >= 11 is 0. The molecule has 1 unspecified atom stereocenters. The number of alkyl carbamates (subject to hydrolysis) is 1. The van der Waals surface area contributed by atoms with Gasteiger partial charge in [-0.2, -0.15) is 0 Å². The van der Waals surface area contributed by atoms with Crippen molar-refractivity contribution >= 4 is 17.7 Å². The fraction of sp³-hybridized carbons (Fsp3) is 0.360. The van der Waals surface area contributed by atoms with E-state index in [0.717, 1.165) is 18.2 Å². The first-order chi connectivity index (χ1) is 15.5. The highest BCUT2D eigenvalue weighted by molar-refractivity contribution is 5.99. The molecule has 0 aliphatic rings. The molecule has 6 nitrogen and oxygen atoms in total. The van der Waals surface area contributed by atoms with Gasteiger partial charge in [0.05, 0.1) is 13.7 Å². The number of nitrogens with zero attached hydrogens (tertiary/aromatic N) is 1. The van der Waals surface area contributed by atoms with Gasteiger partial charge in [0.15, 0.2) is 0 Å². The first-order valence-corrected chi connectivity index (χ1v) is 10.3. The van der Waals surface area contributed by atoms with Gasteiger partial charge >= 0.3 is 6.09 Å². The van der Waals surface area contributed by atoms with Crippen LogP contribution in [0.3, 0.4) is 0 Å². The third kappa shape index (κ3) is 8.11. The smallest absolute Gasteiger partial charge is 0.408 e. The van der Waals surface area contributed by atoms with Gasteiger partial charge in [0, 0.05) is 18.2 Å². The number of nitrogens with one attached hydrogen (secondary N) is 1. The van der Waals surface area contributed by atoms with Gasteiger partial charge in [0.2, 0.25) is 0 Å². The third-order valence-corrected chi connectivity index (χ3v) is 4.42. The number of rotatable bonds is 7. The third-order valence-electron chi connectivity index (χ3n) is 4.42. The number of methoxy groups -OCH3 is 1. The monoisotopic (exact) mass is 458 g/mol. The second-order valence-corrected chi connectivity index (χ2v) is 8.23. The van der Waals surface area contributed by atoms with E-state index in [1.165, 1.54) is 12.0 Å². The number of anilines is 1. The van der Waals surface area contributed by atoms with Gasteiger partial charge < -0.3 is 14.8 Å². The maximum Gasteiger partial charge on any atom is 0.408 e. The standard InChI is InChI=1S/C25H28F2N2O4/c1-6-7-12-29(20-8-10-21(32-5)11-9-20)23(30)22(28-24(31)33-25(2,3)4)15-17-13-18(26)16-19(27)14-17/h8-11,13-14,16,22H,12,15H2,1-5H3,(H,28,31). The number of carbonyl (C=O) groups is 2. The number of amides is 2. The van der Waals surface area contributed by atoms with Crippen LogP contribution in [0.5, 0.6) is 5.75 Å². The Morgan fingerprint density at radius 3 is 2.21 bits per heavy atom. The molecule has 2 amide bonds.